The largest absolute Gasteiger partial charge is 0.439 e. The highest BCUT2D eigenvalue weighted by molar-refractivity contribution is 5.93. The molecule has 0 aliphatic heterocycles. The first kappa shape index (κ1) is 17.5. The molecule has 1 N–H and O–H groups in total. The third-order valence-electron chi connectivity index (χ3n) is 3.70. The molecule has 2 heterocycles. The van der Waals surface area contributed by atoms with Crippen molar-refractivity contribution < 1.29 is 9.53 Å². The molecule has 0 saturated carbocycles. The highest BCUT2D eigenvalue weighted by Crippen LogP contribution is 2.22. The van der Waals surface area contributed by atoms with Gasteiger partial charge in [-0.3, -0.25) is 4.79 Å². The van der Waals surface area contributed by atoms with Gasteiger partial charge in [-0.05, 0) is 18.2 Å². The molecule has 26 heavy (non-hydrogen) atoms. The number of nitrogens with zero attached hydrogens (tertiary/aromatic N) is 3. The zero-order valence-electron chi connectivity index (χ0n) is 14.7. The molecule has 0 atom stereocenters. The Kier molecular flexibility index (Phi) is 5.53. The lowest BCUT2D eigenvalue weighted by Crippen LogP contribution is -2.23. The summed E-state index contributed by atoms with van der Waals surface area (Å²) >= 11 is 0. The molecule has 1 amide bonds. The predicted octanol–water partition coefficient (Wildman–Crippen LogP) is 3.72. The van der Waals surface area contributed by atoms with E-state index in [2.05, 4.69) is 20.3 Å². The van der Waals surface area contributed by atoms with Crippen LogP contribution in [0.4, 0.5) is 0 Å². The number of carbonyl (C=O) groups excluding carboxylic acids is 1. The predicted molar refractivity (Wildman–Crippen MR) is 98.0 cm³/mol. The van der Waals surface area contributed by atoms with E-state index >= 15 is 0 Å². The van der Waals surface area contributed by atoms with Gasteiger partial charge in [0.2, 0.25) is 5.88 Å². The Morgan fingerprint density at radius 1 is 1.04 bits per heavy atom. The van der Waals surface area contributed by atoms with E-state index < -0.39 is 0 Å². The fourth-order valence-electron chi connectivity index (χ4n) is 2.28. The number of para-hydroxylation sites is 1. The second kappa shape index (κ2) is 8.20. The third kappa shape index (κ3) is 4.42. The summed E-state index contributed by atoms with van der Waals surface area (Å²) in [5, 5.41) is 2.85. The van der Waals surface area contributed by atoms with Gasteiger partial charge in [0.15, 0.2) is 0 Å². The van der Waals surface area contributed by atoms with Crippen LogP contribution in [-0.2, 0) is 6.54 Å². The summed E-state index contributed by atoms with van der Waals surface area (Å²) < 4.78 is 5.80. The van der Waals surface area contributed by atoms with Gasteiger partial charge in [-0.15, -0.1) is 0 Å². The monoisotopic (exact) mass is 348 g/mol. The molecule has 3 aromatic rings. The number of rotatable bonds is 6. The van der Waals surface area contributed by atoms with Crippen molar-refractivity contribution in [2.24, 2.45) is 0 Å². The number of ether oxygens (including phenoxy) is 1. The topological polar surface area (TPSA) is 77.0 Å². The minimum Gasteiger partial charge on any atom is -0.439 e. The third-order valence-corrected chi connectivity index (χ3v) is 3.70. The molecule has 0 saturated heterocycles. The molecule has 0 radical (unpaired) electrons. The van der Waals surface area contributed by atoms with Gasteiger partial charge in [0.1, 0.15) is 11.6 Å². The first-order chi connectivity index (χ1) is 12.6. The van der Waals surface area contributed by atoms with E-state index in [4.69, 9.17) is 4.74 Å². The summed E-state index contributed by atoms with van der Waals surface area (Å²) in [4.78, 5) is 25.0. The van der Waals surface area contributed by atoms with Gasteiger partial charge >= 0.3 is 0 Å². The smallest absolute Gasteiger partial charge is 0.254 e. The van der Waals surface area contributed by atoms with Crippen molar-refractivity contribution in [2.75, 3.05) is 0 Å². The molecule has 0 fully saturated rings. The van der Waals surface area contributed by atoms with Crippen molar-refractivity contribution in [1.29, 1.82) is 0 Å². The van der Waals surface area contributed by atoms with E-state index in [-0.39, 0.29) is 11.8 Å². The van der Waals surface area contributed by atoms with Crippen LogP contribution in [-0.4, -0.2) is 20.9 Å². The number of nitrogens with one attached hydrogen (secondary N) is 1. The molecule has 1 aromatic carbocycles. The number of amides is 1. The van der Waals surface area contributed by atoms with Crippen molar-refractivity contribution in [3.8, 4) is 11.6 Å². The summed E-state index contributed by atoms with van der Waals surface area (Å²) in [6, 6.07) is 13.1. The van der Waals surface area contributed by atoms with Gasteiger partial charge in [0, 0.05) is 36.6 Å². The van der Waals surface area contributed by atoms with Crippen LogP contribution in [0.1, 0.15) is 41.5 Å². The summed E-state index contributed by atoms with van der Waals surface area (Å²) in [6.45, 7) is 4.30. The summed E-state index contributed by atoms with van der Waals surface area (Å²) in [6.07, 6.45) is 4.74. The van der Waals surface area contributed by atoms with Crippen LogP contribution in [0.5, 0.6) is 11.6 Å². The summed E-state index contributed by atoms with van der Waals surface area (Å²) in [7, 11) is 0. The van der Waals surface area contributed by atoms with Crippen LogP contribution in [0, 0.1) is 0 Å². The Morgan fingerprint density at radius 2 is 1.77 bits per heavy atom. The van der Waals surface area contributed by atoms with Crippen LogP contribution in [0.2, 0.25) is 0 Å². The van der Waals surface area contributed by atoms with Crippen molar-refractivity contribution in [3.63, 3.8) is 0 Å². The quantitative estimate of drug-likeness (QED) is 0.735. The first-order valence-corrected chi connectivity index (χ1v) is 8.40. The lowest BCUT2D eigenvalue weighted by Gasteiger charge is -2.11. The molecule has 0 spiro atoms. The average molecular weight is 348 g/mol. The highest BCUT2D eigenvalue weighted by Gasteiger charge is 2.11. The van der Waals surface area contributed by atoms with Crippen LogP contribution in [0.3, 0.4) is 0 Å². The van der Waals surface area contributed by atoms with Crippen molar-refractivity contribution >= 4 is 5.91 Å². The summed E-state index contributed by atoms with van der Waals surface area (Å²) in [5.41, 5.74) is 1.20. The fourth-order valence-corrected chi connectivity index (χ4v) is 2.28. The van der Waals surface area contributed by atoms with E-state index in [0.717, 1.165) is 5.56 Å². The molecule has 3 rings (SSSR count). The number of benzene rings is 1. The lowest BCUT2D eigenvalue weighted by atomic mass is 10.2. The van der Waals surface area contributed by atoms with E-state index in [1.807, 2.05) is 50.2 Å². The molecule has 6 nitrogen and oxygen atoms in total. The lowest BCUT2D eigenvalue weighted by molar-refractivity contribution is 0.0950. The Morgan fingerprint density at radius 3 is 2.46 bits per heavy atom. The van der Waals surface area contributed by atoms with Crippen LogP contribution in [0.15, 0.2) is 61.1 Å². The zero-order valence-corrected chi connectivity index (χ0v) is 14.7. The van der Waals surface area contributed by atoms with E-state index in [0.29, 0.717) is 29.6 Å². The molecule has 0 aliphatic carbocycles. The van der Waals surface area contributed by atoms with Crippen molar-refractivity contribution in [1.82, 2.24) is 20.3 Å². The van der Waals surface area contributed by atoms with Crippen molar-refractivity contribution in [3.05, 3.63) is 78.0 Å². The number of aromatic nitrogens is 3. The van der Waals surface area contributed by atoms with E-state index in [1.54, 1.807) is 24.7 Å². The first-order valence-electron chi connectivity index (χ1n) is 8.40. The highest BCUT2D eigenvalue weighted by atomic mass is 16.5. The van der Waals surface area contributed by atoms with Gasteiger partial charge in [-0.2, -0.15) is 0 Å². The van der Waals surface area contributed by atoms with Crippen LogP contribution < -0.4 is 10.1 Å². The summed E-state index contributed by atoms with van der Waals surface area (Å²) in [5.74, 6) is 1.85. The molecular weight excluding hydrogens is 328 g/mol. The maximum atomic E-state index is 12.3. The van der Waals surface area contributed by atoms with Gasteiger partial charge in [-0.1, -0.05) is 38.1 Å². The van der Waals surface area contributed by atoms with Crippen LogP contribution in [0.25, 0.3) is 0 Å². The molecule has 0 bridgehead atoms. The molecule has 132 valence electrons. The average Bonchev–Trinajstić information content (AvgIpc) is 2.68. The molecule has 6 heteroatoms. The number of hydrogen-bond donors (Lipinski definition) is 1. The Labute approximate surface area is 152 Å². The van der Waals surface area contributed by atoms with Gasteiger partial charge in [0.05, 0.1) is 5.56 Å². The molecular formula is C20H20N4O2. The number of carbonyl (C=O) groups is 1. The van der Waals surface area contributed by atoms with Gasteiger partial charge in [-0.25, -0.2) is 15.0 Å². The van der Waals surface area contributed by atoms with E-state index in [1.165, 1.54) is 0 Å². The second-order valence-electron chi connectivity index (χ2n) is 6.05. The second-order valence-corrected chi connectivity index (χ2v) is 6.05. The molecule has 0 aliphatic rings. The fraction of sp³-hybridized carbons (Fsp3) is 0.200. The number of pyridine rings is 1. The maximum Gasteiger partial charge on any atom is 0.254 e. The Hall–Kier alpha value is -3.28. The molecule has 0 unspecified atom stereocenters. The molecule has 2 aromatic heterocycles. The van der Waals surface area contributed by atoms with E-state index in [9.17, 15) is 4.79 Å². The van der Waals surface area contributed by atoms with Crippen LogP contribution >= 0.6 is 0 Å². The Bertz CT molecular complexity index is 864. The standard InChI is InChI=1S/C20H20N4O2/c1-14(2)18-22-12-16(13-23-18)19(25)24-11-15-7-6-10-21-20(15)26-17-8-4-3-5-9-17/h3-10,12-14H,11H2,1-2H3,(H,24,25). The van der Waals surface area contributed by atoms with Gasteiger partial charge in [0.25, 0.3) is 5.91 Å². The number of hydrogen-bond acceptors (Lipinski definition) is 5. The maximum absolute atomic E-state index is 12.3. The Balaban J connectivity index is 1.67. The zero-order chi connectivity index (χ0) is 18.4. The minimum atomic E-state index is -0.241. The van der Waals surface area contributed by atoms with Crippen molar-refractivity contribution in [2.45, 2.75) is 26.3 Å². The minimum absolute atomic E-state index is 0.222. The van der Waals surface area contributed by atoms with Gasteiger partial charge < -0.3 is 10.1 Å². The SMILES string of the molecule is CC(C)c1ncc(C(=O)NCc2cccnc2Oc2ccccc2)cn1. The normalized spacial score (nSPS) is 10.6.